The average molecular weight is 362 g/mol. The molecule has 27 heavy (non-hydrogen) atoms. The first-order valence-electron chi connectivity index (χ1n) is 8.87. The quantitative estimate of drug-likeness (QED) is 0.446. The van der Waals surface area contributed by atoms with Crippen molar-refractivity contribution >= 4 is 28.9 Å². The smallest absolute Gasteiger partial charge is 0.251 e. The molecule has 2 aromatic carbocycles. The number of hydrogen-bond acceptors (Lipinski definition) is 3. The van der Waals surface area contributed by atoms with Crippen molar-refractivity contribution in [3.05, 3.63) is 71.6 Å². The fraction of sp³-hybridized carbons (Fsp3) is 0.190. The highest BCUT2D eigenvalue weighted by atomic mass is 16.2. The van der Waals surface area contributed by atoms with E-state index in [1.165, 1.54) is 6.08 Å². The molecule has 0 spiro atoms. The van der Waals surface area contributed by atoms with Gasteiger partial charge in [-0.3, -0.25) is 9.59 Å². The average Bonchev–Trinajstić information content (AvgIpc) is 3.12. The van der Waals surface area contributed by atoms with E-state index in [1.807, 2.05) is 24.3 Å². The van der Waals surface area contributed by atoms with Crippen LogP contribution in [0, 0.1) is 0 Å². The fourth-order valence-electron chi connectivity index (χ4n) is 2.71. The Hall–Kier alpha value is -3.41. The van der Waals surface area contributed by atoms with Crippen LogP contribution in [-0.4, -0.2) is 35.4 Å². The summed E-state index contributed by atoms with van der Waals surface area (Å²) in [6.07, 6.45) is 4.80. The van der Waals surface area contributed by atoms with E-state index in [0.29, 0.717) is 12.1 Å². The summed E-state index contributed by atoms with van der Waals surface area (Å²) < 4.78 is 0. The highest BCUT2D eigenvalue weighted by molar-refractivity contribution is 5.94. The summed E-state index contributed by atoms with van der Waals surface area (Å²) in [7, 11) is 1.59. The highest BCUT2D eigenvalue weighted by Gasteiger charge is 2.03. The van der Waals surface area contributed by atoms with Crippen LogP contribution in [-0.2, 0) is 11.2 Å². The Labute approximate surface area is 157 Å². The number of carbonyl (C=O) groups is 2. The number of para-hydroxylation sites is 2. The lowest BCUT2D eigenvalue weighted by Crippen LogP contribution is -2.22. The normalized spacial score (nSPS) is 11.0. The Morgan fingerprint density at radius 3 is 2.63 bits per heavy atom. The maximum atomic E-state index is 11.9. The minimum Gasteiger partial charge on any atom is -0.355 e. The van der Waals surface area contributed by atoms with Gasteiger partial charge in [0, 0.05) is 31.7 Å². The maximum Gasteiger partial charge on any atom is 0.251 e. The van der Waals surface area contributed by atoms with Gasteiger partial charge in [0.1, 0.15) is 5.82 Å². The van der Waals surface area contributed by atoms with Crippen LogP contribution in [0.5, 0.6) is 0 Å². The molecule has 0 atom stereocenters. The second-order valence-electron chi connectivity index (χ2n) is 6.13. The number of aromatic nitrogens is 2. The first-order chi connectivity index (χ1) is 13.2. The summed E-state index contributed by atoms with van der Waals surface area (Å²) in [6.45, 7) is 0.579. The van der Waals surface area contributed by atoms with Gasteiger partial charge in [0.15, 0.2) is 0 Å². The number of aryl methyl sites for hydroxylation is 1. The molecule has 0 saturated heterocycles. The summed E-state index contributed by atoms with van der Waals surface area (Å²) in [5.41, 5.74) is 3.44. The molecule has 6 nitrogen and oxygen atoms in total. The molecule has 0 aliphatic rings. The predicted molar refractivity (Wildman–Crippen MR) is 106 cm³/mol. The van der Waals surface area contributed by atoms with Crippen molar-refractivity contribution in [1.82, 2.24) is 20.6 Å². The predicted octanol–water partition coefficient (Wildman–Crippen LogP) is 2.68. The van der Waals surface area contributed by atoms with Crippen LogP contribution < -0.4 is 10.6 Å². The van der Waals surface area contributed by atoms with Gasteiger partial charge < -0.3 is 15.6 Å². The molecule has 0 fully saturated rings. The summed E-state index contributed by atoms with van der Waals surface area (Å²) in [6, 6.07) is 15.0. The Bertz CT molecular complexity index is 925. The molecule has 0 unspecified atom stereocenters. The molecule has 0 aliphatic carbocycles. The monoisotopic (exact) mass is 362 g/mol. The lowest BCUT2D eigenvalue weighted by Gasteiger charge is -2.01. The van der Waals surface area contributed by atoms with Crippen LogP contribution in [0.4, 0.5) is 0 Å². The molecule has 1 heterocycles. The lowest BCUT2D eigenvalue weighted by molar-refractivity contribution is -0.116. The second kappa shape index (κ2) is 8.80. The molecule has 3 aromatic rings. The molecular formula is C21H22N4O2. The second-order valence-corrected chi connectivity index (χ2v) is 6.13. The van der Waals surface area contributed by atoms with Crippen LogP contribution in [0.3, 0.4) is 0 Å². The van der Waals surface area contributed by atoms with Crippen molar-refractivity contribution < 1.29 is 9.59 Å². The van der Waals surface area contributed by atoms with E-state index in [1.54, 1.807) is 37.4 Å². The Morgan fingerprint density at radius 2 is 1.89 bits per heavy atom. The van der Waals surface area contributed by atoms with E-state index in [-0.39, 0.29) is 11.8 Å². The number of benzene rings is 2. The third-order valence-electron chi connectivity index (χ3n) is 4.16. The van der Waals surface area contributed by atoms with Gasteiger partial charge in [0.05, 0.1) is 11.0 Å². The van der Waals surface area contributed by atoms with Crippen LogP contribution in [0.2, 0.25) is 0 Å². The summed E-state index contributed by atoms with van der Waals surface area (Å²) >= 11 is 0. The molecule has 6 heteroatoms. The van der Waals surface area contributed by atoms with Gasteiger partial charge in [-0.15, -0.1) is 0 Å². The summed E-state index contributed by atoms with van der Waals surface area (Å²) in [5, 5.41) is 5.44. The van der Waals surface area contributed by atoms with Crippen LogP contribution in [0.15, 0.2) is 54.6 Å². The van der Waals surface area contributed by atoms with Crippen LogP contribution in [0.1, 0.15) is 28.2 Å². The van der Waals surface area contributed by atoms with Gasteiger partial charge in [-0.05, 0) is 42.3 Å². The van der Waals surface area contributed by atoms with Crippen molar-refractivity contribution in [2.24, 2.45) is 0 Å². The lowest BCUT2D eigenvalue weighted by atomic mass is 10.1. The van der Waals surface area contributed by atoms with Gasteiger partial charge >= 0.3 is 0 Å². The maximum absolute atomic E-state index is 11.9. The molecule has 3 rings (SSSR count). The molecule has 0 saturated carbocycles. The van der Waals surface area contributed by atoms with Gasteiger partial charge in [-0.2, -0.15) is 0 Å². The molecular weight excluding hydrogens is 340 g/mol. The van der Waals surface area contributed by atoms with Crippen molar-refractivity contribution in [3.8, 4) is 0 Å². The third-order valence-corrected chi connectivity index (χ3v) is 4.16. The van der Waals surface area contributed by atoms with E-state index >= 15 is 0 Å². The van der Waals surface area contributed by atoms with Gasteiger partial charge in [-0.1, -0.05) is 24.3 Å². The van der Waals surface area contributed by atoms with Gasteiger partial charge in [0.2, 0.25) is 5.91 Å². The number of amides is 2. The molecule has 2 amide bonds. The van der Waals surface area contributed by atoms with Crippen molar-refractivity contribution in [3.63, 3.8) is 0 Å². The van der Waals surface area contributed by atoms with E-state index in [0.717, 1.165) is 35.3 Å². The Balaban J connectivity index is 1.42. The zero-order valence-electron chi connectivity index (χ0n) is 15.2. The van der Waals surface area contributed by atoms with Crippen molar-refractivity contribution in [2.45, 2.75) is 12.8 Å². The van der Waals surface area contributed by atoms with Crippen molar-refractivity contribution in [1.29, 1.82) is 0 Å². The number of nitrogens with one attached hydrogen (secondary N) is 3. The minimum absolute atomic E-state index is 0.132. The highest BCUT2D eigenvalue weighted by Crippen LogP contribution is 2.11. The first kappa shape index (κ1) is 18.4. The molecule has 0 bridgehead atoms. The third kappa shape index (κ3) is 5.04. The van der Waals surface area contributed by atoms with Crippen LogP contribution >= 0.6 is 0 Å². The molecule has 0 radical (unpaired) electrons. The summed E-state index contributed by atoms with van der Waals surface area (Å²) in [5.74, 6) is 0.653. The van der Waals surface area contributed by atoms with E-state index < -0.39 is 0 Å². The Kier molecular flexibility index (Phi) is 5.99. The van der Waals surface area contributed by atoms with E-state index in [9.17, 15) is 9.59 Å². The molecule has 0 aliphatic heterocycles. The van der Waals surface area contributed by atoms with Crippen LogP contribution in [0.25, 0.3) is 17.1 Å². The van der Waals surface area contributed by atoms with E-state index in [4.69, 9.17) is 0 Å². The number of H-pyrrole nitrogens is 1. The SMILES string of the molecule is CNC(=O)c1ccc(/C=C/C(=O)NCCCc2nc3ccccc3[nH]2)cc1. The largest absolute Gasteiger partial charge is 0.355 e. The molecule has 3 N–H and O–H groups in total. The summed E-state index contributed by atoms with van der Waals surface area (Å²) in [4.78, 5) is 31.2. The standard InChI is InChI=1S/C21H22N4O2/c1-22-21(27)16-11-8-15(9-12-16)10-13-20(26)23-14-4-7-19-24-17-5-2-3-6-18(17)25-19/h2-3,5-6,8-13H,4,7,14H2,1H3,(H,22,27)(H,23,26)(H,24,25)/b13-10+. The zero-order chi connectivity index (χ0) is 19.1. The number of fused-ring (bicyclic) bond motifs is 1. The molecule has 1 aromatic heterocycles. The number of imidazole rings is 1. The number of nitrogens with zero attached hydrogens (tertiary/aromatic N) is 1. The number of aromatic amines is 1. The fourth-order valence-corrected chi connectivity index (χ4v) is 2.71. The molecule has 138 valence electrons. The van der Waals surface area contributed by atoms with Crippen molar-refractivity contribution in [2.75, 3.05) is 13.6 Å². The number of rotatable bonds is 7. The number of hydrogen-bond donors (Lipinski definition) is 3. The van der Waals surface area contributed by atoms with Gasteiger partial charge in [-0.25, -0.2) is 4.98 Å². The first-order valence-corrected chi connectivity index (χ1v) is 8.87. The van der Waals surface area contributed by atoms with E-state index in [2.05, 4.69) is 20.6 Å². The van der Waals surface area contributed by atoms with Gasteiger partial charge in [0.25, 0.3) is 5.91 Å². The number of carbonyl (C=O) groups excluding carboxylic acids is 2. The minimum atomic E-state index is -0.144. The topological polar surface area (TPSA) is 86.9 Å². The zero-order valence-corrected chi connectivity index (χ0v) is 15.2. The Morgan fingerprint density at radius 1 is 1.11 bits per heavy atom.